The van der Waals surface area contributed by atoms with Gasteiger partial charge in [0.2, 0.25) is 0 Å². The van der Waals surface area contributed by atoms with Crippen LogP contribution < -0.4 is 0 Å². The van der Waals surface area contributed by atoms with Crippen LogP contribution in [0.1, 0.15) is 36.5 Å². The van der Waals surface area contributed by atoms with Crippen LogP contribution in [-0.2, 0) is 4.79 Å². The lowest BCUT2D eigenvalue weighted by atomic mass is 9.87. The number of phenols is 2. The number of aliphatic carboxylic acids is 1. The molecule has 0 spiro atoms. The van der Waals surface area contributed by atoms with E-state index in [4.69, 9.17) is 0 Å². The van der Waals surface area contributed by atoms with Crippen LogP contribution in [0.3, 0.4) is 0 Å². The zero-order valence-corrected chi connectivity index (χ0v) is 11.2. The number of hydrogen-bond acceptors (Lipinski definition) is 4. The summed E-state index contributed by atoms with van der Waals surface area (Å²) in [5.74, 6) is -2.56. The Labute approximate surface area is 116 Å². The number of hydrogen-bond donors (Lipinski definition) is 3. The predicted octanol–water partition coefficient (Wildman–Crippen LogP) is 1.57. The first-order chi connectivity index (χ1) is 9.38. The lowest BCUT2D eigenvalue weighted by Crippen LogP contribution is -2.57. The van der Waals surface area contributed by atoms with Gasteiger partial charge in [0, 0.05) is 6.54 Å². The lowest BCUT2D eigenvalue weighted by molar-refractivity contribution is -0.150. The van der Waals surface area contributed by atoms with E-state index < -0.39 is 28.9 Å². The number of likely N-dealkylation sites (tertiary alicyclic amines) is 1. The van der Waals surface area contributed by atoms with Crippen LogP contribution >= 0.6 is 0 Å². The molecule has 0 radical (unpaired) electrons. The molecule has 1 aliphatic rings. The Bertz CT molecular complexity index is 556. The van der Waals surface area contributed by atoms with Gasteiger partial charge in [0.1, 0.15) is 5.54 Å². The fourth-order valence-corrected chi connectivity index (χ4v) is 2.52. The zero-order chi connectivity index (χ0) is 14.9. The van der Waals surface area contributed by atoms with Crippen molar-refractivity contribution in [2.24, 2.45) is 0 Å². The quantitative estimate of drug-likeness (QED) is 0.714. The molecule has 2 rings (SSSR count). The molecule has 1 aromatic rings. The van der Waals surface area contributed by atoms with Gasteiger partial charge >= 0.3 is 5.97 Å². The summed E-state index contributed by atoms with van der Waals surface area (Å²) < 4.78 is 0. The number of carbonyl (C=O) groups excluding carboxylic acids is 1. The molecule has 1 aliphatic heterocycles. The molecule has 6 heteroatoms. The molecule has 0 aromatic heterocycles. The number of carboxylic acid groups (broad SMARTS) is 1. The second-order valence-electron chi connectivity index (χ2n) is 5.17. The molecule has 1 fully saturated rings. The first kappa shape index (κ1) is 14.2. The van der Waals surface area contributed by atoms with Crippen molar-refractivity contribution in [3.05, 3.63) is 23.8 Å². The molecule has 3 N–H and O–H groups in total. The summed E-state index contributed by atoms with van der Waals surface area (Å²) in [6, 6.07) is 4.07. The Hall–Kier alpha value is -2.24. The summed E-state index contributed by atoms with van der Waals surface area (Å²) in [7, 11) is 0. The molecule has 1 atom stereocenters. The minimum Gasteiger partial charge on any atom is -0.504 e. The van der Waals surface area contributed by atoms with E-state index >= 15 is 0 Å². The maximum absolute atomic E-state index is 12.5. The smallest absolute Gasteiger partial charge is 0.329 e. The Morgan fingerprint density at radius 3 is 2.60 bits per heavy atom. The molecule has 1 amide bonds. The van der Waals surface area contributed by atoms with Crippen molar-refractivity contribution in [3.8, 4) is 11.5 Å². The molecule has 1 saturated heterocycles. The van der Waals surface area contributed by atoms with Gasteiger partial charge in [-0.2, -0.15) is 0 Å². The second-order valence-corrected chi connectivity index (χ2v) is 5.17. The normalized spacial score (nSPS) is 22.6. The number of amides is 1. The minimum atomic E-state index is -1.28. The van der Waals surface area contributed by atoms with Crippen molar-refractivity contribution < 1.29 is 24.9 Å². The number of rotatable bonds is 2. The van der Waals surface area contributed by atoms with Crippen LogP contribution in [0.15, 0.2) is 18.2 Å². The predicted molar refractivity (Wildman–Crippen MR) is 70.7 cm³/mol. The van der Waals surface area contributed by atoms with Crippen molar-refractivity contribution in [1.82, 2.24) is 4.90 Å². The van der Waals surface area contributed by atoms with Crippen LogP contribution in [0.4, 0.5) is 0 Å². The highest BCUT2D eigenvalue weighted by atomic mass is 16.4. The van der Waals surface area contributed by atoms with Crippen molar-refractivity contribution in [1.29, 1.82) is 0 Å². The van der Waals surface area contributed by atoms with Gasteiger partial charge in [0.05, 0.1) is 5.56 Å². The third-order valence-electron chi connectivity index (χ3n) is 3.84. The SMILES string of the molecule is CC1(C(=O)O)CCCCN1C(=O)c1cccc(O)c1O. The number of carboxylic acids is 1. The Morgan fingerprint density at radius 2 is 1.95 bits per heavy atom. The van der Waals surface area contributed by atoms with Crippen LogP contribution in [0, 0.1) is 0 Å². The number of aromatic hydroxyl groups is 2. The molecular formula is C14H17NO5. The van der Waals surface area contributed by atoms with Crippen molar-refractivity contribution in [3.63, 3.8) is 0 Å². The van der Waals surface area contributed by atoms with Gasteiger partial charge in [-0.05, 0) is 38.3 Å². The molecule has 1 unspecified atom stereocenters. The molecule has 0 saturated carbocycles. The molecular weight excluding hydrogens is 262 g/mol. The van der Waals surface area contributed by atoms with Crippen molar-refractivity contribution in [2.75, 3.05) is 6.54 Å². The van der Waals surface area contributed by atoms with Gasteiger partial charge in [0.15, 0.2) is 11.5 Å². The standard InChI is InChI=1S/C14H17NO5/c1-14(13(19)20)7-2-3-8-15(14)12(18)9-5-4-6-10(16)11(9)17/h4-6,16-17H,2-3,7-8H2,1H3,(H,19,20). The van der Waals surface area contributed by atoms with Gasteiger partial charge in [-0.1, -0.05) is 6.07 Å². The Kier molecular flexibility index (Phi) is 3.57. The second kappa shape index (κ2) is 5.03. The minimum absolute atomic E-state index is 0.0839. The summed E-state index contributed by atoms with van der Waals surface area (Å²) in [6.07, 6.45) is 1.82. The average Bonchev–Trinajstić information content (AvgIpc) is 2.41. The average molecular weight is 279 g/mol. The van der Waals surface area contributed by atoms with E-state index in [9.17, 15) is 24.9 Å². The topological polar surface area (TPSA) is 98.1 Å². The summed E-state index contributed by atoms with van der Waals surface area (Å²) in [5, 5.41) is 28.6. The Morgan fingerprint density at radius 1 is 1.25 bits per heavy atom. The number of carbonyl (C=O) groups is 2. The first-order valence-corrected chi connectivity index (χ1v) is 6.44. The molecule has 0 bridgehead atoms. The number of piperidine rings is 1. The summed E-state index contributed by atoms with van der Waals surface area (Å²) in [5.41, 5.74) is -1.37. The fourth-order valence-electron chi connectivity index (χ4n) is 2.52. The fraction of sp³-hybridized carbons (Fsp3) is 0.429. The summed E-state index contributed by atoms with van der Waals surface area (Å²) >= 11 is 0. The largest absolute Gasteiger partial charge is 0.504 e. The highest BCUT2D eigenvalue weighted by molar-refractivity contribution is 6.00. The van der Waals surface area contributed by atoms with E-state index in [0.717, 1.165) is 6.42 Å². The van der Waals surface area contributed by atoms with E-state index in [1.165, 1.54) is 30.0 Å². The number of phenolic OH excluding ortho intramolecular Hbond substituents is 2. The molecule has 1 heterocycles. The maximum atomic E-state index is 12.5. The van der Waals surface area contributed by atoms with E-state index in [1.54, 1.807) is 0 Å². The lowest BCUT2D eigenvalue weighted by Gasteiger charge is -2.41. The third kappa shape index (κ3) is 2.17. The number of nitrogens with zero attached hydrogens (tertiary/aromatic N) is 1. The van der Waals surface area contributed by atoms with Crippen LogP contribution in [0.5, 0.6) is 11.5 Å². The van der Waals surface area contributed by atoms with E-state index in [-0.39, 0.29) is 5.56 Å². The monoisotopic (exact) mass is 279 g/mol. The molecule has 0 aliphatic carbocycles. The molecule has 6 nitrogen and oxygen atoms in total. The summed E-state index contributed by atoms with van der Waals surface area (Å²) in [4.78, 5) is 25.2. The first-order valence-electron chi connectivity index (χ1n) is 6.44. The van der Waals surface area contributed by atoms with Crippen LogP contribution in [0.2, 0.25) is 0 Å². The van der Waals surface area contributed by atoms with Crippen LogP contribution in [-0.4, -0.2) is 44.2 Å². The van der Waals surface area contributed by atoms with Crippen molar-refractivity contribution in [2.45, 2.75) is 31.7 Å². The highest BCUT2D eigenvalue weighted by Crippen LogP contribution is 2.34. The molecule has 108 valence electrons. The van der Waals surface area contributed by atoms with Gasteiger partial charge in [-0.25, -0.2) is 4.79 Å². The van der Waals surface area contributed by atoms with Gasteiger partial charge < -0.3 is 20.2 Å². The van der Waals surface area contributed by atoms with Crippen LogP contribution in [0.25, 0.3) is 0 Å². The van der Waals surface area contributed by atoms with Gasteiger partial charge in [-0.15, -0.1) is 0 Å². The Balaban J connectivity index is 2.40. The van der Waals surface area contributed by atoms with E-state index in [1.807, 2.05) is 0 Å². The third-order valence-corrected chi connectivity index (χ3v) is 3.84. The number of benzene rings is 1. The van der Waals surface area contributed by atoms with Gasteiger partial charge in [0.25, 0.3) is 5.91 Å². The van der Waals surface area contributed by atoms with E-state index in [0.29, 0.717) is 19.4 Å². The van der Waals surface area contributed by atoms with Crippen molar-refractivity contribution >= 4 is 11.9 Å². The van der Waals surface area contributed by atoms with E-state index in [2.05, 4.69) is 0 Å². The van der Waals surface area contributed by atoms with Gasteiger partial charge in [-0.3, -0.25) is 4.79 Å². The maximum Gasteiger partial charge on any atom is 0.329 e. The number of para-hydroxylation sites is 1. The molecule has 1 aromatic carbocycles. The molecule has 20 heavy (non-hydrogen) atoms. The highest BCUT2D eigenvalue weighted by Gasteiger charge is 2.44. The summed E-state index contributed by atoms with van der Waals surface area (Å²) in [6.45, 7) is 1.82. The zero-order valence-electron chi connectivity index (χ0n) is 11.2.